The lowest BCUT2D eigenvalue weighted by atomic mass is 9.74. The summed E-state index contributed by atoms with van der Waals surface area (Å²) in [5, 5.41) is 9.52. The largest absolute Gasteiger partial charge is 0.286 e. The Morgan fingerprint density at radius 3 is 2.67 bits per heavy atom. The summed E-state index contributed by atoms with van der Waals surface area (Å²) in [6, 6.07) is 2.65. The molecule has 0 spiro atoms. The summed E-state index contributed by atoms with van der Waals surface area (Å²) in [5.74, 6) is 0.791. The summed E-state index contributed by atoms with van der Waals surface area (Å²) in [6.07, 6.45) is 8.66. The van der Waals surface area contributed by atoms with Gasteiger partial charge in [0.05, 0.1) is 6.07 Å². The number of hydrogen-bond acceptors (Lipinski definition) is 2. The Morgan fingerprint density at radius 2 is 2.07 bits per heavy atom. The van der Waals surface area contributed by atoms with Gasteiger partial charge in [0, 0.05) is 0 Å². The smallest absolute Gasteiger partial charge is 0.109 e. The maximum absolute atomic E-state index is 9.52. The number of likely N-dealkylation sites (tertiary alicyclic amines) is 1. The zero-order valence-corrected chi connectivity index (χ0v) is 9.84. The predicted molar refractivity (Wildman–Crippen MR) is 61.4 cm³/mol. The molecule has 15 heavy (non-hydrogen) atoms. The molecule has 0 aromatic heterocycles. The monoisotopic (exact) mass is 206 g/mol. The topological polar surface area (TPSA) is 27.0 Å². The molecule has 2 rings (SSSR count). The molecule has 0 amide bonds. The maximum Gasteiger partial charge on any atom is 0.109 e. The van der Waals surface area contributed by atoms with Gasteiger partial charge in [-0.05, 0) is 44.7 Å². The van der Waals surface area contributed by atoms with Gasteiger partial charge in [-0.1, -0.05) is 26.2 Å². The van der Waals surface area contributed by atoms with Gasteiger partial charge in [-0.25, -0.2) is 0 Å². The number of nitrogens with zero attached hydrogens (tertiary/aromatic N) is 2. The summed E-state index contributed by atoms with van der Waals surface area (Å²) in [4.78, 5) is 2.47. The van der Waals surface area contributed by atoms with E-state index in [0.717, 1.165) is 31.8 Å². The Hall–Kier alpha value is -0.550. The molecule has 84 valence electrons. The lowest BCUT2D eigenvalue weighted by Crippen LogP contribution is -2.49. The molecule has 2 unspecified atom stereocenters. The van der Waals surface area contributed by atoms with E-state index in [1.54, 1.807) is 0 Å². The molecular weight excluding hydrogens is 184 g/mol. The lowest BCUT2D eigenvalue weighted by Gasteiger charge is -2.42. The molecule has 0 aromatic carbocycles. The van der Waals surface area contributed by atoms with E-state index in [4.69, 9.17) is 0 Å². The Balaban J connectivity index is 2.09. The van der Waals surface area contributed by atoms with Gasteiger partial charge in [-0.15, -0.1) is 0 Å². The van der Waals surface area contributed by atoms with Crippen molar-refractivity contribution in [3.05, 3.63) is 0 Å². The second kappa shape index (κ2) is 4.53. The van der Waals surface area contributed by atoms with Crippen LogP contribution in [0.25, 0.3) is 0 Å². The molecule has 1 saturated heterocycles. The van der Waals surface area contributed by atoms with Gasteiger partial charge < -0.3 is 0 Å². The Morgan fingerprint density at radius 1 is 1.33 bits per heavy atom. The molecule has 0 radical (unpaired) electrons. The van der Waals surface area contributed by atoms with Crippen molar-refractivity contribution in [2.45, 2.75) is 57.4 Å². The van der Waals surface area contributed by atoms with Crippen molar-refractivity contribution in [3.63, 3.8) is 0 Å². The van der Waals surface area contributed by atoms with Gasteiger partial charge in [0.2, 0.25) is 0 Å². The van der Waals surface area contributed by atoms with Crippen LogP contribution in [0.3, 0.4) is 0 Å². The third-order valence-corrected chi connectivity index (χ3v) is 4.33. The first kappa shape index (κ1) is 11.0. The minimum absolute atomic E-state index is 0.0879. The zero-order valence-electron chi connectivity index (χ0n) is 9.84. The summed E-state index contributed by atoms with van der Waals surface area (Å²) in [6.45, 7) is 4.58. The van der Waals surface area contributed by atoms with Crippen LogP contribution in [-0.4, -0.2) is 23.5 Å². The van der Waals surface area contributed by atoms with Crippen molar-refractivity contribution in [3.8, 4) is 6.07 Å². The van der Waals surface area contributed by atoms with Crippen LogP contribution in [0, 0.1) is 17.2 Å². The van der Waals surface area contributed by atoms with E-state index >= 15 is 0 Å². The van der Waals surface area contributed by atoms with Crippen LogP contribution in [-0.2, 0) is 0 Å². The standard InChI is InChI=1S/C13H22N2/c1-2-12-6-5-7-13(10-12,11-14)15-8-3-4-9-15/h12H,2-10H2,1H3. The summed E-state index contributed by atoms with van der Waals surface area (Å²) < 4.78 is 0. The van der Waals surface area contributed by atoms with Crippen LogP contribution in [0.15, 0.2) is 0 Å². The minimum Gasteiger partial charge on any atom is -0.286 e. The average Bonchev–Trinajstić information content (AvgIpc) is 2.83. The summed E-state index contributed by atoms with van der Waals surface area (Å²) in [7, 11) is 0. The Bertz CT molecular complexity index is 250. The quantitative estimate of drug-likeness (QED) is 0.694. The zero-order chi connectivity index (χ0) is 10.7. The SMILES string of the molecule is CCC1CCCC(C#N)(N2CCCC2)C1. The van der Waals surface area contributed by atoms with Gasteiger partial charge in [-0.2, -0.15) is 5.26 Å². The molecule has 1 heterocycles. The van der Waals surface area contributed by atoms with Crippen molar-refractivity contribution < 1.29 is 0 Å². The second-order valence-electron chi connectivity index (χ2n) is 5.21. The third-order valence-electron chi connectivity index (χ3n) is 4.33. The number of nitriles is 1. The normalized spacial score (nSPS) is 37.7. The van der Waals surface area contributed by atoms with Crippen molar-refractivity contribution in [2.75, 3.05) is 13.1 Å². The van der Waals surface area contributed by atoms with Crippen molar-refractivity contribution >= 4 is 0 Å². The van der Waals surface area contributed by atoms with Crippen molar-refractivity contribution in [1.29, 1.82) is 5.26 Å². The van der Waals surface area contributed by atoms with Gasteiger partial charge >= 0.3 is 0 Å². The highest BCUT2D eigenvalue weighted by atomic mass is 15.2. The highest BCUT2D eigenvalue weighted by Gasteiger charge is 2.41. The van der Waals surface area contributed by atoms with Gasteiger partial charge in [-0.3, -0.25) is 4.90 Å². The minimum atomic E-state index is -0.0879. The molecule has 1 aliphatic heterocycles. The molecule has 2 nitrogen and oxygen atoms in total. The number of rotatable bonds is 2. The highest BCUT2D eigenvalue weighted by Crippen LogP contribution is 2.39. The van der Waals surface area contributed by atoms with Crippen LogP contribution < -0.4 is 0 Å². The fourth-order valence-electron chi connectivity index (χ4n) is 3.32. The molecule has 2 aliphatic rings. The van der Waals surface area contributed by atoms with E-state index in [1.165, 1.54) is 32.1 Å². The van der Waals surface area contributed by atoms with Gasteiger partial charge in [0.15, 0.2) is 0 Å². The Labute approximate surface area is 93.3 Å². The molecular formula is C13H22N2. The van der Waals surface area contributed by atoms with E-state index < -0.39 is 0 Å². The van der Waals surface area contributed by atoms with E-state index in [-0.39, 0.29) is 5.54 Å². The van der Waals surface area contributed by atoms with E-state index in [1.807, 2.05) is 0 Å². The van der Waals surface area contributed by atoms with Crippen molar-refractivity contribution in [2.24, 2.45) is 5.92 Å². The fraction of sp³-hybridized carbons (Fsp3) is 0.923. The lowest BCUT2D eigenvalue weighted by molar-refractivity contribution is 0.0957. The van der Waals surface area contributed by atoms with Crippen LogP contribution in [0.1, 0.15) is 51.9 Å². The molecule has 0 aromatic rings. The average molecular weight is 206 g/mol. The number of hydrogen-bond donors (Lipinski definition) is 0. The summed E-state index contributed by atoms with van der Waals surface area (Å²) >= 11 is 0. The van der Waals surface area contributed by atoms with E-state index in [2.05, 4.69) is 17.9 Å². The first-order chi connectivity index (χ1) is 7.30. The third kappa shape index (κ3) is 2.03. The van der Waals surface area contributed by atoms with Crippen LogP contribution >= 0.6 is 0 Å². The molecule has 1 saturated carbocycles. The van der Waals surface area contributed by atoms with Crippen molar-refractivity contribution in [1.82, 2.24) is 4.90 Å². The van der Waals surface area contributed by atoms with Crippen LogP contribution in [0.2, 0.25) is 0 Å². The molecule has 2 heteroatoms. The van der Waals surface area contributed by atoms with Crippen LogP contribution in [0.5, 0.6) is 0 Å². The van der Waals surface area contributed by atoms with Gasteiger partial charge in [0.1, 0.15) is 5.54 Å². The molecule has 0 N–H and O–H groups in total. The molecule has 2 atom stereocenters. The van der Waals surface area contributed by atoms with E-state index in [0.29, 0.717) is 0 Å². The predicted octanol–water partition coefficient (Wildman–Crippen LogP) is 2.94. The van der Waals surface area contributed by atoms with Crippen LogP contribution in [0.4, 0.5) is 0 Å². The summed E-state index contributed by atoms with van der Waals surface area (Å²) in [5.41, 5.74) is -0.0879. The van der Waals surface area contributed by atoms with E-state index in [9.17, 15) is 5.26 Å². The molecule has 1 aliphatic carbocycles. The van der Waals surface area contributed by atoms with Gasteiger partial charge in [0.25, 0.3) is 0 Å². The molecule has 0 bridgehead atoms. The second-order valence-corrected chi connectivity index (χ2v) is 5.21. The Kier molecular flexibility index (Phi) is 3.31. The fourth-order valence-corrected chi connectivity index (χ4v) is 3.32. The molecule has 2 fully saturated rings. The first-order valence-corrected chi connectivity index (χ1v) is 6.47. The first-order valence-electron chi connectivity index (χ1n) is 6.47. The highest BCUT2D eigenvalue weighted by molar-refractivity contribution is 5.11. The maximum atomic E-state index is 9.52.